The van der Waals surface area contributed by atoms with Crippen molar-refractivity contribution in [2.45, 2.75) is 48.8 Å². The maximum atomic E-state index is 12.9. The predicted octanol–water partition coefficient (Wildman–Crippen LogP) is 4.55. The highest BCUT2D eigenvalue weighted by molar-refractivity contribution is 8.01. The molecule has 0 radical (unpaired) electrons. The first-order chi connectivity index (χ1) is 10.7. The number of nitrogens with zero attached hydrogens (tertiary/aromatic N) is 2. The maximum Gasteiger partial charge on any atom is 0.237 e. The Morgan fingerprint density at radius 1 is 1.41 bits per heavy atom. The van der Waals surface area contributed by atoms with Crippen molar-refractivity contribution >= 4 is 45.5 Å². The molecular formula is C15H19N3OS3. The number of carbonyl (C=O) groups excluding carboxylic acids is 1. The molecule has 0 atom stereocenters. The fraction of sp³-hybridized carbons (Fsp3) is 0.533. The van der Waals surface area contributed by atoms with E-state index < -0.39 is 0 Å². The summed E-state index contributed by atoms with van der Waals surface area (Å²) in [5, 5.41) is 13.9. The van der Waals surface area contributed by atoms with E-state index in [9.17, 15) is 4.79 Å². The lowest BCUT2D eigenvalue weighted by molar-refractivity contribution is -0.121. The summed E-state index contributed by atoms with van der Waals surface area (Å²) in [5.41, 5.74) is -0.365. The number of thioether (sulfide) groups is 1. The summed E-state index contributed by atoms with van der Waals surface area (Å²) in [7, 11) is 0. The molecule has 118 valence electrons. The topological polar surface area (TPSA) is 54.9 Å². The van der Waals surface area contributed by atoms with Crippen LogP contribution in [0.15, 0.2) is 21.9 Å². The quantitative estimate of drug-likeness (QED) is 0.611. The lowest BCUT2D eigenvalue weighted by Crippen LogP contribution is -2.37. The van der Waals surface area contributed by atoms with E-state index in [0.29, 0.717) is 5.13 Å². The van der Waals surface area contributed by atoms with Crippen LogP contribution in [0.5, 0.6) is 0 Å². The number of thiophene rings is 1. The smallest absolute Gasteiger partial charge is 0.237 e. The van der Waals surface area contributed by atoms with Gasteiger partial charge >= 0.3 is 0 Å². The predicted molar refractivity (Wildman–Crippen MR) is 94.0 cm³/mol. The molecule has 2 aromatic rings. The van der Waals surface area contributed by atoms with Crippen molar-refractivity contribution < 1.29 is 4.79 Å². The number of hydrogen-bond acceptors (Lipinski definition) is 6. The molecule has 1 saturated carbocycles. The van der Waals surface area contributed by atoms with Crippen LogP contribution in [0.4, 0.5) is 5.13 Å². The molecule has 0 saturated heterocycles. The summed E-state index contributed by atoms with van der Waals surface area (Å²) in [5.74, 6) is 1.11. The highest BCUT2D eigenvalue weighted by Gasteiger charge is 2.43. The van der Waals surface area contributed by atoms with Gasteiger partial charge in [0.1, 0.15) is 0 Å². The number of rotatable bonds is 6. The molecule has 2 aromatic heterocycles. The van der Waals surface area contributed by atoms with Gasteiger partial charge in [-0.1, -0.05) is 48.9 Å². The fourth-order valence-corrected chi connectivity index (χ4v) is 5.50. The average Bonchev–Trinajstić information content (AvgIpc) is 3.25. The van der Waals surface area contributed by atoms with Crippen LogP contribution in [0.3, 0.4) is 0 Å². The van der Waals surface area contributed by atoms with E-state index >= 15 is 0 Å². The van der Waals surface area contributed by atoms with Crippen molar-refractivity contribution in [2.24, 2.45) is 0 Å². The molecule has 1 aliphatic carbocycles. The highest BCUT2D eigenvalue weighted by Crippen LogP contribution is 2.44. The molecule has 1 aliphatic rings. The first-order valence-electron chi connectivity index (χ1n) is 7.56. The molecule has 3 rings (SSSR count). The number of amides is 1. The second-order valence-corrected chi connectivity index (χ2v) is 8.71. The summed E-state index contributed by atoms with van der Waals surface area (Å²) in [6.45, 7) is 2.14. The van der Waals surface area contributed by atoms with Crippen LogP contribution < -0.4 is 5.32 Å². The summed E-state index contributed by atoms with van der Waals surface area (Å²) in [4.78, 5) is 14.1. The van der Waals surface area contributed by atoms with Gasteiger partial charge in [-0.15, -0.1) is 21.5 Å². The lowest BCUT2D eigenvalue weighted by Gasteiger charge is -2.25. The molecular weight excluding hydrogens is 334 g/mol. The third kappa shape index (κ3) is 3.21. The first kappa shape index (κ1) is 16.0. The molecule has 0 unspecified atom stereocenters. The minimum atomic E-state index is -0.365. The van der Waals surface area contributed by atoms with Crippen LogP contribution in [-0.4, -0.2) is 21.9 Å². The summed E-state index contributed by atoms with van der Waals surface area (Å²) in [6, 6.07) is 4.11. The van der Waals surface area contributed by atoms with E-state index in [4.69, 9.17) is 0 Å². The zero-order chi connectivity index (χ0) is 15.4. The Hall–Kier alpha value is -0.920. The number of anilines is 1. The second-order valence-electron chi connectivity index (χ2n) is 5.44. The van der Waals surface area contributed by atoms with E-state index in [2.05, 4.69) is 28.5 Å². The average molecular weight is 354 g/mol. The number of aromatic nitrogens is 2. The van der Waals surface area contributed by atoms with E-state index in [-0.39, 0.29) is 11.3 Å². The van der Waals surface area contributed by atoms with Gasteiger partial charge in [0.15, 0.2) is 4.34 Å². The number of carbonyl (C=O) groups is 1. The Kier molecular flexibility index (Phi) is 5.15. The zero-order valence-electron chi connectivity index (χ0n) is 12.5. The minimum Gasteiger partial charge on any atom is -0.300 e. The Balaban J connectivity index is 1.73. The maximum absolute atomic E-state index is 12.9. The van der Waals surface area contributed by atoms with Crippen LogP contribution in [0.1, 0.15) is 43.9 Å². The molecule has 0 aliphatic heterocycles. The van der Waals surface area contributed by atoms with Crippen molar-refractivity contribution in [1.29, 1.82) is 0 Å². The SMILES string of the molecule is CCCSc1nnc(NC(=O)C2(c3cccs3)CCCC2)s1. The molecule has 4 nitrogen and oxygen atoms in total. The van der Waals surface area contributed by atoms with Gasteiger partial charge in [0.2, 0.25) is 11.0 Å². The van der Waals surface area contributed by atoms with E-state index in [1.165, 1.54) is 16.2 Å². The van der Waals surface area contributed by atoms with Crippen molar-refractivity contribution in [2.75, 3.05) is 11.1 Å². The Bertz CT molecular complexity index is 618. The Morgan fingerprint density at radius 3 is 2.91 bits per heavy atom. The van der Waals surface area contributed by atoms with Gasteiger partial charge in [-0.05, 0) is 30.7 Å². The number of hydrogen-bond donors (Lipinski definition) is 1. The van der Waals surface area contributed by atoms with Gasteiger partial charge in [0.25, 0.3) is 0 Å². The van der Waals surface area contributed by atoms with Gasteiger partial charge in [-0.25, -0.2) is 0 Å². The first-order valence-corrected chi connectivity index (χ1v) is 10.2. The summed E-state index contributed by atoms with van der Waals surface area (Å²) < 4.78 is 0.925. The van der Waals surface area contributed by atoms with E-state index in [1.54, 1.807) is 23.1 Å². The molecule has 2 heterocycles. The van der Waals surface area contributed by atoms with Crippen molar-refractivity contribution in [3.05, 3.63) is 22.4 Å². The molecule has 1 amide bonds. The van der Waals surface area contributed by atoms with E-state index in [1.807, 2.05) is 11.4 Å². The van der Waals surface area contributed by atoms with Gasteiger partial charge in [0.05, 0.1) is 5.41 Å². The van der Waals surface area contributed by atoms with Crippen LogP contribution in [-0.2, 0) is 10.2 Å². The van der Waals surface area contributed by atoms with Crippen molar-refractivity contribution in [3.63, 3.8) is 0 Å². The molecule has 1 N–H and O–H groups in total. The zero-order valence-corrected chi connectivity index (χ0v) is 15.0. The van der Waals surface area contributed by atoms with Crippen LogP contribution in [0.25, 0.3) is 0 Å². The molecule has 0 bridgehead atoms. The Labute approximate surface area is 142 Å². The van der Waals surface area contributed by atoms with Gasteiger partial charge < -0.3 is 0 Å². The standard InChI is InChI=1S/C15H19N3OS3/c1-2-9-21-14-18-17-13(22-14)16-12(19)15(7-3-4-8-15)11-6-5-10-20-11/h5-6,10H,2-4,7-9H2,1H3,(H,16,17,19). The minimum absolute atomic E-state index is 0.0793. The molecule has 1 fully saturated rings. The van der Waals surface area contributed by atoms with Crippen LogP contribution in [0, 0.1) is 0 Å². The van der Waals surface area contributed by atoms with E-state index in [0.717, 1.165) is 42.2 Å². The summed E-state index contributed by atoms with van der Waals surface area (Å²) >= 11 is 4.84. The third-order valence-corrected chi connectivity index (χ3v) is 7.19. The van der Waals surface area contributed by atoms with Crippen molar-refractivity contribution in [1.82, 2.24) is 10.2 Å². The second kappa shape index (κ2) is 7.10. The lowest BCUT2D eigenvalue weighted by atomic mass is 9.83. The van der Waals surface area contributed by atoms with Crippen molar-refractivity contribution in [3.8, 4) is 0 Å². The van der Waals surface area contributed by atoms with Gasteiger partial charge in [-0.2, -0.15) is 0 Å². The van der Waals surface area contributed by atoms with Crippen LogP contribution in [0.2, 0.25) is 0 Å². The molecule has 0 aromatic carbocycles. The fourth-order valence-electron chi connectivity index (χ4n) is 2.84. The monoisotopic (exact) mass is 353 g/mol. The largest absolute Gasteiger partial charge is 0.300 e. The Morgan fingerprint density at radius 2 is 2.23 bits per heavy atom. The van der Waals surface area contributed by atoms with Crippen LogP contribution >= 0.6 is 34.4 Å². The number of nitrogens with one attached hydrogen (secondary N) is 1. The molecule has 0 spiro atoms. The molecule has 22 heavy (non-hydrogen) atoms. The molecule has 7 heteroatoms. The summed E-state index contributed by atoms with van der Waals surface area (Å²) in [6.07, 6.45) is 5.18. The van der Waals surface area contributed by atoms with Gasteiger partial charge in [-0.3, -0.25) is 10.1 Å². The van der Waals surface area contributed by atoms with Gasteiger partial charge in [0, 0.05) is 10.6 Å². The highest BCUT2D eigenvalue weighted by atomic mass is 32.2. The normalized spacial score (nSPS) is 16.8. The third-order valence-electron chi connectivity index (χ3n) is 3.94.